The van der Waals surface area contributed by atoms with Crippen molar-refractivity contribution in [1.29, 1.82) is 0 Å². The summed E-state index contributed by atoms with van der Waals surface area (Å²) in [6, 6.07) is 19.2. The summed E-state index contributed by atoms with van der Waals surface area (Å²) in [5.74, 6) is 1.41. The number of pyridine rings is 1. The Kier molecular flexibility index (Phi) is 5.84. The van der Waals surface area contributed by atoms with Gasteiger partial charge in [0.25, 0.3) is 5.91 Å². The minimum Gasteiger partial charge on any atom is -0.486 e. The zero-order valence-corrected chi connectivity index (χ0v) is 18.6. The number of benzene rings is 2. The van der Waals surface area contributed by atoms with Crippen molar-refractivity contribution in [2.24, 2.45) is 5.73 Å². The van der Waals surface area contributed by atoms with E-state index in [0.717, 1.165) is 16.2 Å². The molecule has 2 aromatic carbocycles. The van der Waals surface area contributed by atoms with Crippen molar-refractivity contribution < 1.29 is 23.8 Å². The maximum Gasteiger partial charge on any atom is 0.265 e. The van der Waals surface area contributed by atoms with Gasteiger partial charge in [0.2, 0.25) is 11.8 Å². The number of anilines is 1. The Hall–Kier alpha value is -4.37. The summed E-state index contributed by atoms with van der Waals surface area (Å²) < 4.78 is 16.9. The highest BCUT2D eigenvalue weighted by molar-refractivity contribution is 7.17. The summed E-state index contributed by atoms with van der Waals surface area (Å²) in [6.07, 6.45) is 1.50. The summed E-state index contributed by atoms with van der Waals surface area (Å²) in [6.45, 7) is 1.06. The molecule has 2 aromatic heterocycles. The number of nitrogens with zero attached hydrogens (tertiary/aromatic N) is 1. The molecule has 0 bridgehead atoms. The van der Waals surface area contributed by atoms with Crippen molar-refractivity contribution in [3.63, 3.8) is 0 Å². The van der Waals surface area contributed by atoms with Crippen LogP contribution in [-0.4, -0.2) is 30.0 Å². The highest BCUT2D eigenvalue weighted by atomic mass is 32.1. The van der Waals surface area contributed by atoms with Gasteiger partial charge in [0.05, 0.1) is 16.8 Å². The molecule has 3 heterocycles. The van der Waals surface area contributed by atoms with Crippen LogP contribution in [0, 0.1) is 0 Å². The van der Waals surface area contributed by atoms with Crippen LogP contribution in [0.15, 0.2) is 72.9 Å². The number of nitrogens with two attached hydrogens (primary N) is 1. The third-order valence-electron chi connectivity index (χ3n) is 4.99. The number of rotatable bonds is 6. The van der Waals surface area contributed by atoms with Gasteiger partial charge in [-0.1, -0.05) is 6.07 Å². The molecule has 0 saturated carbocycles. The lowest BCUT2D eigenvalue weighted by Crippen LogP contribution is -2.15. The zero-order chi connectivity index (χ0) is 23.5. The Labute approximate surface area is 198 Å². The van der Waals surface area contributed by atoms with E-state index in [1.165, 1.54) is 23.6 Å². The molecule has 170 valence electrons. The number of nitrogens with one attached hydrogen (secondary N) is 1. The quantitative estimate of drug-likeness (QED) is 0.419. The molecule has 0 unspecified atom stereocenters. The monoisotopic (exact) mass is 473 g/mol. The van der Waals surface area contributed by atoms with E-state index in [-0.39, 0.29) is 5.91 Å². The van der Waals surface area contributed by atoms with Crippen molar-refractivity contribution in [3.8, 4) is 33.6 Å². The molecule has 4 aromatic rings. The van der Waals surface area contributed by atoms with Gasteiger partial charge in [-0.05, 0) is 60.2 Å². The second-order valence-electron chi connectivity index (χ2n) is 7.36. The van der Waals surface area contributed by atoms with Crippen molar-refractivity contribution in [1.82, 2.24) is 4.98 Å². The van der Waals surface area contributed by atoms with E-state index in [9.17, 15) is 9.59 Å². The van der Waals surface area contributed by atoms with E-state index in [1.807, 2.05) is 24.3 Å². The van der Waals surface area contributed by atoms with E-state index in [4.69, 9.17) is 19.9 Å². The van der Waals surface area contributed by atoms with Gasteiger partial charge < -0.3 is 25.3 Å². The van der Waals surface area contributed by atoms with Crippen LogP contribution in [0.3, 0.4) is 0 Å². The van der Waals surface area contributed by atoms with Gasteiger partial charge in [0, 0.05) is 16.5 Å². The smallest absolute Gasteiger partial charge is 0.265 e. The molecule has 1 aliphatic heterocycles. The van der Waals surface area contributed by atoms with Crippen LogP contribution in [0.2, 0.25) is 0 Å². The average Bonchev–Trinajstić information content (AvgIpc) is 3.36. The summed E-state index contributed by atoms with van der Waals surface area (Å²) in [7, 11) is 0. The Bertz CT molecular complexity index is 1370. The number of carbonyl (C=O) groups is 2. The summed E-state index contributed by atoms with van der Waals surface area (Å²) in [5, 5.41) is 2.84. The van der Waals surface area contributed by atoms with Gasteiger partial charge in [0.15, 0.2) is 11.5 Å². The fourth-order valence-electron chi connectivity index (χ4n) is 3.35. The molecule has 8 nitrogen and oxygen atoms in total. The fraction of sp³-hybridized carbons (Fsp3) is 0.0800. The molecule has 0 saturated heterocycles. The highest BCUT2D eigenvalue weighted by Gasteiger charge is 2.15. The van der Waals surface area contributed by atoms with Gasteiger partial charge in [0.1, 0.15) is 19.0 Å². The Balaban J connectivity index is 1.24. The normalized spacial score (nSPS) is 12.1. The molecule has 0 fully saturated rings. The first-order chi connectivity index (χ1) is 16.5. The van der Waals surface area contributed by atoms with Crippen LogP contribution in [0.25, 0.3) is 10.4 Å². The third-order valence-corrected chi connectivity index (χ3v) is 6.12. The second kappa shape index (κ2) is 9.24. The van der Waals surface area contributed by atoms with Gasteiger partial charge >= 0.3 is 0 Å². The summed E-state index contributed by atoms with van der Waals surface area (Å²) in [5.41, 5.74) is 7.11. The lowest BCUT2D eigenvalue weighted by atomic mass is 10.1. The van der Waals surface area contributed by atoms with E-state index >= 15 is 0 Å². The van der Waals surface area contributed by atoms with E-state index in [0.29, 0.717) is 46.7 Å². The van der Waals surface area contributed by atoms with Crippen LogP contribution < -0.4 is 25.3 Å². The van der Waals surface area contributed by atoms with Crippen LogP contribution in [0.4, 0.5) is 5.69 Å². The SMILES string of the molecule is NC(=O)c1cccc(Oc2ccc(NC(=O)c3ccc(-c4ccc5c(c4)OCCO5)s3)cn2)c1. The van der Waals surface area contributed by atoms with Gasteiger partial charge in [-0.3, -0.25) is 9.59 Å². The number of carbonyl (C=O) groups excluding carboxylic acids is 2. The molecule has 34 heavy (non-hydrogen) atoms. The third kappa shape index (κ3) is 4.69. The minimum absolute atomic E-state index is 0.238. The number of ether oxygens (including phenoxy) is 3. The molecule has 1 aliphatic rings. The first-order valence-electron chi connectivity index (χ1n) is 10.4. The number of hydrogen-bond donors (Lipinski definition) is 2. The molecule has 0 atom stereocenters. The van der Waals surface area contributed by atoms with Gasteiger partial charge in [-0.25, -0.2) is 4.98 Å². The van der Waals surface area contributed by atoms with Crippen LogP contribution in [0.5, 0.6) is 23.1 Å². The number of thiophene rings is 1. The molecular formula is C25H19N3O5S. The van der Waals surface area contributed by atoms with Crippen molar-refractivity contribution in [2.75, 3.05) is 18.5 Å². The largest absolute Gasteiger partial charge is 0.486 e. The molecule has 9 heteroatoms. The van der Waals surface area contributed by atoms with Crippen LogP contribution in [-0.2, 0) is 0 Å². The molecule has 0 spiro atoms. The number of amides is 2. The lowest BCUT2D eigenvalue weighted by molar-refractivity contribution is 0.0997. The number of aromatic nitrogens is 1. The second-order valence-corrected chi connectivity index (χ2v) is 8.44. The molecular weight excluding hydrogens is 454 g/mol. The number of hydrogen-bond acceptors (Lipinski definition) is 7. The highest BCUT2D eigenvalue weighted by Crippen LogP contribution is 2.37. The van der Waals surface area contributed by atoms with Crippen molar-refractivity contribution >= 4 is 28.8 Å². The van der Waals surface area contributed by atoms with Crippen molar-refractivity contribution in [2.45, 2.75) is 0 Å². The number of fused-ring (bicyclic) bond motifs is 1. The van der Waals surface area contributed by atoms with Gasteiger partial charge in [-0.2, -0.15) is 0 Å². The molecule has 0 aliphatic carbocycles. The van der Waals surface area contributed by atoms with Crippen LogP contribution in [0.1, 0.15) is 20.0 Å². The predicted octanol–water partition coefficient (Wildman–Crippen LogP) is 4.72. The summed E-state index contributed by atoms with van der Waals surface area (Å²) in [4.78, 5) is 29.8. The Morgan fingerprint density at radius 1 is 0.971 bits per heavy atom. The van der Waals surface area contributed by atoms with Crippen molar-refractivity contribution in [3.05, 3.63) is 83.4 Å². The summed E-state index contributed by atoms with van der Waals surface area (Å²) >= 11 is 1.38. The maximum absolute atomic E-state index is 12.7. The van der Waals surface area contributed by atoms with E-state index < -0.39 is 5.91 Å². The fourth-order valence-corrected chi connectivity index (χ4v) is 4.25. The molecule has 5 rings (SSSR count). The number of primary amides is 1. The lowest BCUT2D eigenvalue weighted by Gasteiger charge is -2.18. The first kappa shape index (κ1) is 21.5. The molecule has 0 radical (unpaired) electrons. The minimum atomic E-state index is -0.540. The maximum atomic E-state index is 12.7. The average molecular weight is 474 g/mol. The zero-order valence-electron chi connectivity index (χ0n) is 17.8. The standard InChI is InChI=1S/C25H19N3O5S/c26-24(29)16-2-1-3-18(12-16)33-23-9-5-17(14-27-23)28-25(30)22-8-7-21(34-22)15-4-6-19-20(13-15)32-11-10-31-19/h1-9,12-14H,10-11H2,(H2,26,29)(H,28,30). The Morgan fingerprint density at radius 3 is 2.62 bits per heavy atom. The predicted molar refractivity (Wildman–Crippen MR) is 128 cm³/mol. The first-order valence-corrected chi connectivity index (χ1v) is 11.2. The van der Waals surface area contributed by atoms with Crippen LogP contribution >= 0.6 is 11.3 Å². The molecule has 2 amide bonds. The van der Waals surface area contributed by atoms with Gasteiger partial charge in [-0.15, -0.1) is 11.3 Å². The van der Waals surface area contributed by atoms with E-state index in [2.05, 4.69) is 10.3 Å². The molecule has 3 N–H and O–H groups in total. The van der Waals surface area contributed by atoms with E-state index in [1.54, 1.807) is 36.4 Å². The topological polar surface area (TPSA) is 113 Å². The Morgan fingerprint density at radius 2 is 1.82 bits per heavy atom.